The monoisotopic (exact) mass is 287 g/mol. The van der Waals surface area contributed by atoms with Gasteiger partial charge in [-0.3, -0.25) is 0 Å². The lowest BCUT2D eigenvalue weighted by molar-refractivity contribution is 0.633. The average Bonchev–Trinajstić information content (AvgIpc) is 2.98. The Hall–Kier alpha value is -2.04. The van der Waals surface area contributed by atoms with Crippen LogP contribution in [0.2, 0.25) is 0 Å². The number of anilines is 1. The van der Waals surface area contributed by atoms with E-state index in [1.165, 1.54) is 0 Å². The van der Waals surface area contributed by atoms with Gasteiger partial charge < -0.3 is 15.5 Å². The summed E-state index contributed by atoms with van der Waals surface area (Å²) in [6.07, 6.45) is 8.41. The van der Waals surface area contributed by atoms with Crippen molar-refractivity contribution in [1.29, 1.82) is 0 Å². The maximum atomic E-state index is 4.67. The number of nitrogens with one attached hydrogen (secondary N) is 2. The van der Waals surface area contributed by atoms with Crippen molar-refractivity contribution in [3.63, 3.8) is 0 Å². The van der Waals surface area contributed by atoms with E-state index in [9.17, 15) is 0 Å². The second kappa shape index (κ2) is 7.67. The van der Waals surface area contributed by atoms with Crippen LogP contribution in [0.1, 0.15) is 25.3 Å². The van der Waals surface area contributed by atoms with Crippen LogP contribution in [-0.2, 0) is 6.54 Å². The standard InChI is InChI=1S/C16H25N5/c1-4-17-16(20-14-7-5-6-8-14)19-12-13-9-10-18-15(11-13)21(2)3/h5-6,9-11,14H,4,7-8,12H2,1-3H3,(H2,17,19,20). The first-order valence-corrected chi connectivity index (χ1v) is 7.51. The predicted molar refractivity (Wildman–Crippen MR) is 88.7 cm³/mol. The molecule has 0 aromatic carbocycles. The molecule has 1 heterocycles. The van der Waals surface area contributed by atoms with E-state index < -0.39 is 0 Å². The van der Waals surface area contributed by atoms with E-state index in [-0.39, 0.29) is 0 Å². The molecule has 21 heavy (non-hydrogen) atoms. The summed E-state index contributed by atoms with van der Waals surface area (Å²) < 4.78 is 0. The minimum Gasteiger partial charge on any atom is -0.363 e. The van der Waals surface area contributed by atoms with Gasteiger partial charge in [0.15, 0.2) is 5.96 Å². The minimum atomic E-state index is 0.470. The number of rotatable bonds is 5. The second-order valence-electron chi connectivity index (χ2n) is 5.40. The molecule has 1 aliphatic carbocycles. The third-order valence-corrected chi connectivity index (χ3v) is 3.38. The van der Waals surface area contributed by atoms with Crippen LogP contribution in [0.4, 0.5) is 5.82 Å². The molecule has 1 aromatic rings. The maximum absolute atomic E-state index is 4.67. The van der Waals surface area contributed by atoms with Crippen LogP contribution < -0.4 is 15.5 Å². The second-order valence-corrected chi connectivity index (χ2v) is 5.40. The minimum absolute atomic E-state index is 0.470. The Morgan fingerprint density at radius 3 is 2.81 bits per heavy atom. The SMILES string of the molecule is CCNC(=NCc1ccnc(N(C)C)c1)NC1CC=CC1. The number of aromatic nitrogens is 1. The Morgan fingerprint density at radius 1 is 1.38 bits per heavy atom. The topological polar surface area (TPSA) is 52.6 Å². The molecule has 114 valence electrons. The first kappa shape index (κ1) is 15.4. The van der Waals surface area contributed by atoms with E-state index in [1.807, 2.05) is 31.3 Å². The van der Waals surface area contributed by atoms with Crippen LogP contribution >= 0.6 is 0 Å². The highest BCUT2D eigenvalue weighted by atomic mass is 15.2. The number of hydrogen-bond acceptors (Lipinski definition) is 3. The van der Waals surface area contributed by atoms with Gasteiger partial charge in [-0.1, -0.05) is 12.2 Å². The molecule has 0 radical (unpaired) electrons. The third-order valence-electron chi connectivity index (χ3n) is 3.38. The molecule has 2 N–H and O–H groups in total. The number of nitrogens with zero attached hydrogens (tertiary/aromatic N) is 3. The summed E-state index contributed by atoms with van der Waals surface area (Å²) in [4.78, 5) is 11.0. The molecule has 0 bridgehead atoms. The quantitative estimate of drug-likeness (QED) is 0.493. The van der Waals surface area contributed by atoms with Crippen molar-refractivity contribution in [2.24, 2.45) is 4.99 Å². The lowest BCUT2D eigenvalue weighted by Gasteiger charge is -2.17. The molecular weight excluding hydrogens is 262 g/mol. The van der Waals surface area contributed by atoms with Gasteiger partial charge in [-0.2, -0.15) is 0 Å². The summed E-state index contributed by atoms with van der Waals surface area (Å²) in [5.74, 6) is 1.84. The summed E-state index contributed by atoms with van der Waals surface area (Å²) in [6.45, 7) is 3.60. The summed E-state index contributed by atoms with van der Waals surface area (Å²) in [5, 5.41) is 6.78. The Morgan fingerprint density at radius 2 is 2.14 bits per heavy atom. The van der Waals surface area contributed by atoms with Crippen LogP contribution in [0.5, 0.6) is 0 Å². The molecule has 0 fully saturated rings. The lowest BCUT2D eigenvalue weighted by atomic mass is 10.2. The highest BCUT2D eigenvalue weighted by Crippen LogP contribution is 2.11. The Bertz CT molecular complexity index is 499. The Labute approximate surface area is 127 Å². The molecule has 0 saturated carbocycles. The molecule has 0 amide bonds. The molecule has 0 atom stereocenters. The van der Waals surface area contributed by atoms with Gasteiger partial charge in [-0.15, -0.1) is 0 Å². The molecule has 0 unspecified atom stereocenters. The first-order chi connectivity index (χ1) is 10.2. The zero-order valence-corrected chi connectivity index (χ0v) is 13.1. The highest BCUT2D eigenvalue weighted by molar-refractivity contribution is 5.80. The molecule has 0 aliphatic heterocycles. The normalized spacial score (nSPS) is 15.3. The Kier molecular flexibility index (Phi) is 5.60. The van der Waals surface area contributed by atoms with Crippen molar-refractivity contribution in [3.8, 4) is 0 Å². The largest absolute Gasteiger partial charge is 0.363 e. The predicted octanol–water partition coefficient (Wildman–Crippen LogP) is 1.92. The summed E-state index contributed by atoms with van der Waals surface area (Å²) in [6, 6.07) is 4.55. The molecule has 5 nitrogen and oxygen atoms in total. The fourth-order valence-electron chi connectivity index (χ4n) is 2.22. The molecule has 2 rings (SSSR count). The fraction of sp³-hybridized carbons (Fsp3) is 0.500. The number of pyridine rings is 1. The zero-order chi connectivity index (χ0) is 15.1. The summed E-state index contributed by atoms with van der Waals surface area (Å²) in [5.41, 5.74) is 1.16. The average molecular weight is 287 g/mol. The van der Waals surface area contributed by atoms with Gasteiger partial charge in [-0.05, 0) is 37.5 Å². The van der Waals surface area contributed by atoms with Crippen molar-refractivity contribution in [1.82, 2.24) is 15.6 Å². The van der Waals surface area contributed by atoms with Crippen molar-refractivity contribution in [2.45, 2.75) is 32.4 Å². The molecule has 1 aliphatic rings. The molecule has 5 heteroatoms. The van der Waals surface area contributed by atoms with E-state index in [0.717, 1.165) is 36.7 Å². The fourth-order valence-corrected chi connectivity index (χ4v) is 2.22. The van der Waals surface area contributed by atoms with E-state index in [0.29, 0.717) is 12.6 Å². The van der Waals surface area contributed by atoms with Gasteiger partial charge in [0.2, 0.25) is 0 Å². The van der Waals surface area contributed by atoms with Crippen LogP contribution in [0.15, 0.2) is 35.5 Å². The molecule has 0 spiro atoms. The van der Waals surface area contributed by atoms with Gasteiger partial charge in [-0.25, -0.2) is 9.98 Å². The van der Waals surface area contributed by atoms with E-state index in [1.54, 1.807) is 0 Å². The van der Waals surface area contributed by atoms with Gasteiger partial charge in [0.1, 0.15) is 5.82 Å². The number of guanidine groups is 1. The van der Waals surface area contributed by atoms with Crippen molar-refractivity contribution in [3.05, 3.63) is 36.0 Å². The van der Waals surface area contributed by atoms with Gasteiger partial charge in [0.25, 0.3) is 0 Å². The van der Waals surface area contributed by atoms with Crippen LogP contribution in [0.25, 0.3) is 0 Å². The summed E-state index contributed by atoms with van der Waals surface area (Å²) in [7, 11) is 3.99. The Balaban J connectivity index is 1.99. The first-order valence-electron chi connectivity index (χ1n) is 7.51. The smallest absolute Gasteiger partial charge is 0.191 e. The van der Waals surface area contributed by atoms with Crippen LogP contribution in [0.3, 0.4) is 0 Å². The lowest BCUT2D eigenvalue weighted by Crippen LogP contribution is -2.42. The molecular formula is C16H25N5. The molecule has 0 saturated heterocycles. The van der Waals surface area contributed by atoms with E-state index in [2.05, 4.69) is 45.8 Å². The summed E-state index contributed by atoms with van der Waals surface area (Å²) >= 11 is 0. The van der Waals surface area contributed by atoms with Crippen molar-refractivity contribution in [2.75, 3.05) is 25.5 Å². The van der Waals surface area contributed by atoms with Gasteiger partial charge in [0, 0.05) is 32.9 Å². The van der Waals surface area contributed by atoms with E-state index >= 15 is 0 Å². The van der Waals surface area contributed by atoms with E-state index in [4.69, 9.17) is 0 Å². The van der Waals surface area contributed by atoms with Crippen molar-refractivity contribution >= 4 is 11.8 Å². The van der Waals surface area contributed by atoms with Crippen LogP contribution in [-0.4, -0.2) is 37.6 Å². The number of aliphatic imine (C=N–C) groups is 1. The molecule has 1 aromatic heterocycles. The van der Waals surface area contributed by atoms with Gasteiger partial charge >= 0.3 is 0 Å². The van der Waals surface area contributed by atoms with Crippen molar-refractivity contribution < 1.29 is 0 Å². The van der Waals surface area contributed by atoms with Gasteiger partial charge in [0.05, 0.1) is 6.54 Å². The third kappa shape index (κ3) is 4.77. The van der Waals surface area contributed by atoms with Crippen LogP contribution in [0, 0.1) is 0 Å². The zero-order valence-electron chi connectivity index (χ0n) is 13.1. The number of hydrogen-bond donors (Lipinski definition) is 2. The maximum Gasteiger partial charge on any atom is 0.191 e. The highest BCUT2D eigenvalue weighted by Gasteiger charge is 2.11.